The molecule has 0 aliphatic rings. The van der Waals surface area contributed by atoms with Crippen LogP contribution in [-0.4, -0.2) is 69.4 Å². The number of ether oxygens (including phenoxy) is 2. The maximum absolute atomic E-state index is 11.3. The van der Waals surface area contributed by atoms with E-state index in [2.05, 4.69) is 9.47 Å². The van der Waals surface area contributed by atoms with Gasteiger partial charge < -0.3 is 29.9 Å². The Kier molecular flexibility index (Phi) is 17.1. The van der Waals surface area contributed by atoms with E-state index in [1.165, 1.54) is 0 Å². The second kappa shape index (κ2) is 17.5. The summed E-state index contributed by atoms with van der Waals surface area (Å²) < 4.78 is 8.98. The Morgan fingerprint density at radius 1 is 0.607 bits per heavy atom. The first kappa shape index (κ1) is 27.4. The minimum atomic E-state index is -1.06. The molecule has 0 rings (SSSR count). The van der Waals surface area contributed by atoms with Gasteiger partial charge in [0.05, 0.1) is 19.6 Å². The zero-order chi connectivity index (χ0) is 21.9. The molecule has 0 aromatic carbocycles. The third-order valence-electron chi connectivity index (χ3n) is 2.66. The maximum atomic E-state index is 11.3. The standard InChI is InChI=1S/C14H19NO9.C2H6O2/c15-9(23-12(20)5-1-3-10(16)17)7-8-14(22)24-13(21)6-2-4-11(18)19;3-1-2-4/h15H,1-8H2,(H,16,17)(H,18,19);3-4H,1-2H2. The number of aliphatic carboxylic acids is 2. The fraction of sp³-hybridized carbons (Fsp3) is 0.625. The molecule has 0 aromatic rings. The van der Waals surface area contributed by atoms with Crippen LogP contribution in [0.25, 0.3) is 0 Å². The molecule has 0 spiro atoms. The molecule has 0 bridgehead atoms. The Balaban J connectivity index is 0. The van der Waals surface area contributed by atoms with Crippen molar-refractivity contribution in [2.45, 2.75) is 51.4 Å². The Hall–Kier alpha value is -2.86. The van der Waals surface area contributed by atoms with Gasteiger partial charge in [0.2, 0.25) is 0 Å². The van der Waals surface area contributed by atoms with Crippen molar-refractivity contribution in [1.29, 1.82) is 5.41 Å². The number of carboxylic acid groups (broad SMARTS) is 2. The second-order valence-corrected chi connectivity index (χ2v) is 5.19. The van der Waals surface area contributed by atoms with Gasteiger partial charge in [-0.25, -0.2) is 0 Å². The van der Waals surface area contributed by atoms with Crippen LogP contribution in [-0.2, 0) is 33.4 Å². The fourth-order valence-electron chi connectivity index (χ4n) is 1.45. The van der Waals surface area contributed by atoms with Gasteiger partial charge in [-0.2, -0.15) is 0 Å². The molecule has 28 heavy (non-hydrogen) atoms. The van der Waals surface area contributed by atoms with Gasteiger partial charge in [0.15, 0.2) is 5.90 Å². The van der Waals surface area contributed by atoms with Crippen LogP contribution < -0.4 is 0 Å². The molecule has 0 saturated heterocycles. The molecule has 0 aliphatic carbocycles. The van der Waals surface area contributed by atoms with Gasteiger partial charge in [0.1, 0.15) is 0 Å². The van der Waals surface area contributed by atoms with Crippen LogP contribution in [0, 0.1) is 5.41 Å². The third-order valence-corrected chi connectivity index (χ3v) is 2.66. The average Bonchev–Trinajstić information content (AvgIpc) is 2.59. The smallest absolute Gasteiger partial charge is 0.313 e. The van der Waals surface area contributed by atoms with E-state index in [0.29, 0.717) is 0 Å². The van der Waals surface area contributed by atoms with Crippen LogP contribution in [0.1, 0.15) is 51.4 Å². The summed E-state index contributed by atoms with van der Waals surface area (Å²) in [6.07, 6.45) is -1.28. The lowest BCUT2D eigenvalue weighted by Crippen LogP contribution is -2.16. The molecule has 12 heteroatoms. The van der Waals surface area contributed by atoms with Gasteiger partial charge >= 0.3 is 29.8 Å². The molecule has 0 fully saturated rings. The summed E-state index contributed by atoms with van der Waals surface area (Å²) in [5.41, 5.74) is 0. The van der Waals surface area contributed by atoms with E-state index in [9.17, 15) is 24.0 Å². The number of hydrogen-bond donors (Lipinski definition) is 5. The van der Waals surface area contributed by atoms with E-state index in [4.69, 9.17) is 25.8 Å². The quantitative estimate of drug-likeness (QED) is 0.124. The van der Waals surface area contributed by atoms with Gasteiger partial charge in [-0.05, 0) is 12.8 Å². The van der Waals surface area contributed by atoms with E-state index in [1.54, 1.807) is 0 Å². The first-order chi connectivity index (χ1) is 13.1. The zero-order valence-corrected chi connectivity index (χ0v) is 15.2. The van der Waals surface area contributed by atoms with E-state index >= 15 is 0 Å². The van der Waals surface area contributed by atoms with Crippen molar-refractivity contribution in [2.75, 3.05) is 13.2 Å². The number of carbonyl (C=O) groups is 5. The molecule has 0 aromatic heterocycles. The van der Waals surface area contributed by atoms with Crippen molar-refractivity contribution >= 4 is 35.7 Å². The van der Waals surface area contributed by atoms with Crippen molar-refractivity contribution in [3.8, 4) is 0 Å². The lowest BCUT2D eigenvalue weighted by molar-refractivity contribution is -0.159. The molecular weight excluding hydrogens is 382 g/mol. The lowest BCUT2D eigenvalue weighted by Gasteiger charge is -2.05. The third kappa shape index (κ3) is 21.2. The topological polar surface area (TPSA) is 209 Å². The zero-order valence-electron chi connectivity index (χ0n) is 15.2. The molecule has 0 radical (unpaired) electrons. The molecule has 5 N–H and O–H groups in total. The van der Waals surface area contributed by atoms with Gasteiger partial charge in [-0.15, -0.1) is 0 Å². The number of rotatable bonds is 12. The molecule has 0 saturated carbocycles. The predicted molar refractivity (Wildman–Crippen MR) is 91.3 cm³/mol. The number of carboxylic acids is 2. The van der Waals surface area contributed by atoms with Gasteiger partial charge in [0.25, 0.3) is 0 Å². The number of aliphatic hydroxyl groups is 2. The summed E-state index contributed by atoms with van der Waals surface area (Å²) >= 11 is 0. The maximum Gasteiger partial charge on any atom is 0.313 e. The van der Waals surface area contributed by atoms with E-state index < -0.39 is 35.7 Å². The molecule has 0 unspecified atom stereocenters. The summed E-state index contributed by atoms with van der Waals surface area (Å²) in [6, 6.07) is 0. The number of nitrogens with one attached hydrogen (secondary N) is 1. The molecule has 0 aliphatic heterocycles. The highest BCUT2D eigenvalue weighted by atomic mass is 16.6. The Labute approximate surface area is 160 Å². The highest BCUT2D eigenvalue weighted by Gasteiger charge is 2.14. The average molecular weight is 407 g/mol. The molecule has 0 amide bonds. The van der Waals surface area contributed by atoms with Crippen molar-refractivity contribution < 1.29 is 53.9 Å². The largest absolute Gasteiger partial charge is 0.481 e. The minimum absolute atomic E-state index is 0.0468. The predicted octanol–water partition coefficient (Wildman–Crippen LogP) is -0.162. The summed E-state index contributed by atoms with van der Waals surface area (Å²) in [5.74, 6) is -5.16. The molecule has 0 heterocycles. The van der Waals surface area contributed by atoms with Crippen LogP contribution in [0.3, 0.4) is 0 Å². The SMILES string of the molecule is N=C(CCC(=O)OC(=O)CCCC(=O)O)OC(=O)CCCC(=O)O.OCCO. The number of carbonyl (C=O) groups excluding carboxylic acids is 3. The first-order valence-electron chi connectivity index (χ1n) is 8.29. The number of esters is 3. The fourth-order valence-corrected chi connectivity index (χ4v) is 1.45. The van der Waals surface area contributed by atoms with Gasteiger partial charge in [-0.1, -0.05) is 0 Å². The van der Waals surface area contributed by atoms with Crippen molar-refractivity contribution in [2.24, 2.45) is 0 Å². The summed E-state index contributed by atoms with van der Waals surface area (Å²) in [5, 5.41) is 39.4. The molecular formula is C16H25NO11. The molecule has 12 nitrogen and oxygen atoms in total. The van der Waals surface area contributed by atoms with E-state index in [0.717, 1.165) is 0 Å². The lowest BCUT2D eigenvalue weighted by atomic mass is 10.2. The van der Waals surface area contributed by atoms with Crippen molar-refractivity contribution in [1.82, 2.24) is 0 Å². The second-order valence-electron chi connectivity index (χ2n) is 5.19. The van der Waals surface area contributed by atoms with Crippen molar-refractivity contribution in [3.63, 3.8) is 0 Å². The summed E-state index contributed by atoms with van der Waals surface area (Å²) in [6.45, 7) is -0.250. The van der Waals surface area contributed by atoms with Crippen LogP contribution >= 0.6 is 0 Å². The monoisotopic (exact) mass is 407 g/mol. The molecule has 160 valence electrons. The van der Waals surface area contributed by atoms with E-state index in [1.807, 2.05) is 0 Å². The van der Waals surface area contributed by atoms with Crippen molar-refractivity contribution in [3.05, 3.63) is 0 Å². The van der Waals surface area contributed by atoms with Crippen LogP contribution in [0.15, 0.2) is 0 Å². The van der Waals surface area contributed by atoms with Gasteiger partial charge in [-0.3, -0.25) is 29.4 Å². The van der Waals surface area contributed by atoms with E-state index in [-0.39, 0.29) is 64.6 Å². The normalized spacial score (nSPS) is 9.50. The Morgan fingerprint density at radius 2 is 1.00 bits per heavy atom. The Bertz CT molecular complexity index is 497. The van der Waals surface area contributed by atoms with Gasteiger partial charge in [0, 0.05) is 32.1 Å². The summed E-state index contributed by atoms with van der Waals surface area (Å²) in [4.78, 5) is 54.3. The highest BCUT2D eigenvalue weighted by Crippen LogP contribution is 2.03. The van der Waals surface area contributed by atoms with Crippen LogP contribution in [0.2, 0.25) is 0 Å². The first-order valence-corrected chi connectivity index (χ1v) is 8.29. The summed E-state index contributed by atoms with van der Waals surface area (Å²) in [7, 11) is 0. The Morgan fingerprint density at radius 3 is 1.39 bits per heavy atom. The van der Waals surface area contributed by atoms with Crippen LogP contribution in [0.5, 0.6) is 0 Å². The minimum Gasteiger partial charge on any atom is -0.481 e. The highest BCUT2D eigenvalue weighted by molar-refractivity contribution is 5.91. The van der Waals surface area contributed by atoms with Crippen LogP contribution in [0.4, 0.5) is 0 Å². The molecule has 0 atom stereocenters. The number of aliphatic hydroxyl groups excluding tert-OH is 2. The number of hydrogen-bond acceptors (Lipinski definition) is 10.